The number of nitrogens with two attached hydrogens (primary N) is 1. The van der Waals surface area contributed by atoms with Crippen LogP contribution in [0.4, 0.5) is 5.82 Å². The second-order valence-electron chi connectivity index (χ2n) is 6.39. The van der Waals surface area contributed by atoms with Crippen LogP contribution in [0.25, 0.3) is 10.9 Å². The second-order valence-corrected chi connectivity index (χ2v) is 6.39. The van der Waals surface area contributed by atoms with E-state index in [0.717, 1.165) is 36.4 Å². The maximum Gasteiger partial charge on any atom is 0.145 e. The van der Waals surface area contributed by atoms with Crippen molar-refractivity contribution < 1.29 is 0 Å². The number of likely N-dealkylation sites (tertiary alicyclic amines) is 1. The number of nitrogen functional groups attached to an aromatic ring is 1. The molecule has 0 amide bonds. The average molecular weight is 322 g/mol. The molecule has 1 aliphatic rings. The SMILES string of the molecule is Nc1nc(CN2CCCCC2Cn2cccn2)nc2ccccc12. The van der Waals surface area contributed by atoms with Crippen molar-refractivity contribution in [1.29, 1.82) is 0 Å². The molecule has 1 aliphatic heterocycles. The van der Waals surface area contributed by atoms with E-state index in [1.54, 1.807) is 0 Å². The first-order valence-corrected chi connectivity index (χ1v) is 8.52. The first-order valence-electron chi connectivity index (χ1n) is 8.52. The molecule has 0 radical (unpaired) electrons. The monoisotopic (exact) mass is 322 g/mol. The fourth-order valence-electron chi connectivity index (χ4n) is 3.50. The average Bonchev–Trinajstić information content (AvgIpc) is 3.10. The Hall–Kier alpha value is -2.47. The van der Waals surface area contributed by atoms with Gasteiger partial charge in [0.25, 0.3) is 0 Å². The van der Waals surface area contributed by atoms with Crippen LogP contribution in [0, 0.1) is 0 Å². The highest BCUT2D eigenvalue weighted by Crippen LogP contribution is 2.22. The van der Waals surface area contributed by atoms with Gasteiger partial charge in [0.15, 0.2) is 0 Å². The van der Waals surface area contributed by atoms with E-state index in [2.05, 4.69) is 15.0 Å². The topological polar surface area (TPSA) is 72.9 Å². The fraction of sp³-hybridized carbons (Fsp3) is 0.389. The van der Waals surface area contributed by atoms with Crippen LogP contribution in [0.5, 0.6) is 0 Å². The lowest BCUT2D eigenvalue weighted by atomic mass is 10.0. The Bertz CT molecular complexity index is 813. The molecule has 2 N–H and O–H groups in total. The van der Waals surface area contributed by atoms with Crippen LogP contribution in [0.15, 0.2) is 42.7 Å². The van der Waals surface area contributed by atoms with Gasteiger partial charge in [-0.1, -0.05) is 18.6 Å². The molecule has 0 spiro atoms. The number of aromatic nitrogens is 4. The number of para-hydroxylation sites is 1. The largest absolute Gasteiger partial charge is 0.383 e. The minimum atomic E-state index is 0.468. The van der Waals surface area contributed by atoms with Crippen LogP contribution in [0.3, 0.4) is 0 Å². The van der Waals surface area contributed by atoms with Crippen molar-refractivity contribution in [2.75, 3.05) is 12.3 Å². The molecule has 0 aliphatic carbocycles. The summed E-state index contributed by atoms with van der Waals surface area (Å²) >= 11 is 0. The van der Waals surface area contributed by atoms with Crippen LogP contribution >= 0.6 is 0 Å². The lowest BCUT2D eigenvalue weighted by Crippen LogP contribution is -2.42. The van der Waals surface area contributed by atoms with Gasteiger partial charge in [-0.15, -0.1) is 0 Å². The quantitative estimate of drug-likeness (QED) is 0.799. The summed E-state index contributed by atoms with van der Waals surface area (Å²) in [5, 5.41) is 5.27. The number of hydrogen-bond acceptors (Lipinski definition) is 5. The third kappa shape index (κ3) is 3.10. The maximum absolute atomic E-state index is 6.12. The van der Waals surface area contributed by atoms with Crippen LogP contribution in [0.1, 0.15) is 25.1 Å². The van der Waals surface area contributed by atoms with Crippen molar-refractivity contribution in [3.05, 3.63) is 48.5 Å². The number of rotatable bonds is 4. The molecular weight excluding hydrogens is 300 g/mol. The van der Waals surface area contributed by atoms with E-state index in [1.165, 1.54) is 19.3 Å². The molecule has 1 fully saturated rings. The summed E-state index contributed by atoms with van der Waals surface area (Å²) < 4.78 is 2.01. The van der Waals surface area contributed by atoms with Gasteiger partial charge in [-0.05, 0) is 37.6 Å². The Morgan fingerprint density at radius 3 is 2.92 bits per heavy atom. The van der Waals surface area contributed by atoms with E-state index in [0.29, 0.717) is 11.9 Å². The summed E-state index contributed by atoms with van der Waals surface area (Å²) in [6.45, 7) is 2.72. The first-order chi connectivity index (χ1) is 11.8. The third-order valence-electron chi connectivity index (χ3n) is 4.73. The number of anilines is 1. The van der Waals surface area contributed by atoms with E-state index >= 15 is 0 Å². The molecule has 6 nitrogen and oxygen atoms in total. The summed E-state index contributed by atoms with van der Waals surface area (Å²) in [7, 11) is 0. The third-order valence-corrected chi connectivity index (χ3v) is 4.73. The van der Waals surface area contributed by atoms with Gasteiger partial charge in [0, 0.05) is 23.8 Å². The molecule has 0 saturated carbocycles. The Morgan fingerprint density at radius 2 is 2.04 bits per heavy atom. The predicted molar refractivity (Wildman–Crippen MR) is 94.2 cm³/mol. The van der Waals surface area contributed by atoms with Gasteiger partial charge in [0.05, 0.1) is 18.6 Å². The van der Waals surface area contributed by atoms with Crippen LogP contribution in [-0.4, -0.2) is 37.2 Å². The van der Waals surface area contributed by atoms with Gasteiger partial charge >= 0.3 is 0 Å². The van der Waals surface area contributed by atoms with E-state index in [4.69, 9.17) is 10.7 Å². The summed E-state index contributed by atoms with van der Waals surface area (Å²) in [5.41, 5.74) is 7.04. The molecule has 1 aromatic carbocycles. The fourth-order valence-corrected chi connectivity index (χ4v) is 3.50. The predicted octanol–water partition coefficient (Wildman–Crippen LogP) is 2.46. The molecule has 1 saturated heterocycles. The highest BCUT2D eigenvalue weighted by atomic mass is 15.3. The summed E-state index contributed by atoms with van der Waals surface area (Å²) in [6.07, 6.45) is 7.53. The van der Waals surface area contributed by atoms with Gasteiger partial charge in [-0.3, -0.25) is 9.58 Å². The van der Waals surface area contributed by atoms with E-state index in [9.17, 15) is 0 Å². The maximum atomic E-state index is 6.12. The van der Waals surface area contributed by atoms with Gasteiger partial charge in [-0.25, -0.2) is 9.97 Å². The van der Waals surface area contributed by atoms with Crippen molar-refractivity contribution in [1.82, 2.24) is 24.6 Å². The molecule has 24 heavy (non-hydrogen) atoms. The van der Waals surface area contributed by atoms with Crippen molar-refractivity contribution in [2.24, 2.45) is 0 Å². The minimum Gasteiger partial charge on any atom is -0.383 e. The van der Waals surface area contributed by atoms with Crippen molar-refractivity contribution in [3.8, 4) is 0 Å². The van der Waals surface area contributed by atoms with Gasteiger partial charge in [-0.2, -0.15) is 5.10 Å². The van der Waals surface area contributed by atoms with Crippen LogP contribution in [-0.2, 0) is 13.1 Å². The van der Waals surface area contributed by atoms with E-state index in [-0.39, 0.29) is 0 Å². The number of benzene rings is 1. The molecule has 124 valence electrons. The second kappa shape index (κ2) is 6.57. The Morgan fingerprint density at radius 1 is 1.12 bits per heavy atom. The number of fused-ring (bicyclic) bond motifs is 1. The zero-order valence-corrected chi connectivity index (χ0v) is 13.7. The molecule has 2 aromatic heterocycles. The van der Waals surface area contributed by atoms with E-state index < -0.39 is 0 Å². The molecule has 3 aromatic rings. The Labute approximate surface area is 141 Å². The van der Waals surface area contributed by atoms with Gasteiger partial charge in [0.2, 0.25) is 0 Å². The zero-order valence-electron chi connectivity index (χ0n) is 13.7. The summed E-state index contributed by atoms with van der Waals surface area (Å²) in [4.78, 5) is 11.7. The minimum absolute atomic E-state index is 0.468. The molecule has 1 atom stereocenters. The highest BCUT2D eigenvalue weighted by molar-refractivity contribution is 5.87. The molecule has 1 unspecified atom stereocenters. The zero-order chi connectivity index (χ0) is 16.4. The Balaban J connectivity index is 1.56. The molecule has 0 bridgehead atoms. The van der Waals surface area contributed by atoms with Gasteiger partial charge < -0.3 is 5.73 Å². The number of hydrogen-bond donors (Lipinski definition) is 1. The molecular formula is C18H22N6. The standard InChI is InChI=1S/C18H22N6/c19-18-15-7-1-2-8-16(15)21-17(22-18)13-23-10-4-3-6-14(23)12-24-11-5-9-20-24/h1-2,5,7-9,11,14H,3-4,6,10,12-13H2,(H2,19,21,22). The summed E-state index contributed by atoms with van der Waals surface area (Å²) in [6, 6.07) is 10.4. The van der Waals surface area contributed by atoms with Crippen molar-refractivity contribution in [3.63, 3.8) is 0 Å². The van der Waals surface area contributed by atoms with Gasteiger partial charge in [0.1, 0.15) is 11.6 Å². The van der Waals surface area contributed by atoms with Crippen LogP contribution < -0.4 is 5.73 Å². The molecule has 6 heteroatoms. The highest BCUT2D eigenvalue weighted by Gasteiger charge is 2.24. The normalized spacial score (nSPS) is 18.9. The van der Waals surface area contributed by atoms with Crippen LogP contribution in [0.2, 0.25) is 0 Å². The number of nitrogens with zero attached hydrogens (tertiary/aromatic N) is 5. The van der Waals surface area contributed by atoms with Crippen molar-refractivity contribution >= 4 is 16.7 Å². The molecule has 4 rings (SSSR count). The smallest absolute Gasteiger partial charge is 0.145 e. The lowest BCUT2D eigenvalue weighted by Gasteiger charge is -2.35. The van der Waals surface area contributed by atoms with E-state index in [1.807, 2.05) is 47.4 Å². The lowest BCUT2D eigenvalue weighted by molar-refractivity contribution is 0.119. The Kier molecular flexibility index (Phi) is 4.13. The number of piperidine rings is 1. The molecule has 3 heterocycles. The first kappa shape index (κ1) is 15.1. The van der Waals surface area contributed by atoms with Crippen molar-refractivity contribution in [2.45, 2.75) is 38.4 Å². The summed E-state index contributed by atoms with van der Waals surface area (Å²) in [5.74, 6) is 1.37.